The predicted octanol–water partition coefficient (Wildman–Crippen LogP) is 2.32. The van der Waals surface area contributed by atoms with E-state index >= 15 is 0 Å². The molecule has 0 spiro atoms. The Kier molecular flexibility index (Phi) is 3.37. The minimum Gasteiger partial charge on any atom is -0.338 e. The van der Waals surface area contributed by atoms with Crippen LogP contribution in [0.1, 0.15) is 31.5 Å². The molecule has 0 radical (unpaired) electrons. The summed E-state index contributed by atoms with van der Waals surface area (Å²) in [6.07, 6.45) is -2.36. The van der Waals surface area contributed by atoms with Gasteiger partial charge in [0.2, 0.25) is 5.89 Å². The molecule has 1 aliphatic rings. The second-order valence-electron chi connectivity index (χ2n) is 4.31. The molecule has 2 heterocycles. The highest BCUT2D eigenvalue weighted by Crippen LogP contribution is 2.27. The van der Waals surface area contributed by atoms with E-state index in [4.69, 9.17) is 0 Å². The molecule has 0 N–H and O–H groups in total. The molecular formula is C10H14F3N3O. The summed E-state index contributed by atoms with van der Waals surface area (Å²) in [4.78, 5) is 5.39. The highest BCUT2D eigenvalue weighted by Gasteiger charge is 2.37. The zero-order valence-corrected chi connectivity index (χ0v) is 9.50. The van der Waals surface area contributed by atoms with E-state index in [0.29, 0.717) is 12.5 Å². The Balaban J connectivity index is 1.94. The Hall–Kier alpha value is -1.11. The van der Waals surface area contributed by atoms with E-state index in [1.807, 2.05) is 4.90 Å². The zero-order valence-electron chi connectivity index (χ0n) is 9.50. The molecule has 0 saturated carbocycles. The van der Waals surface area contributed by atoms with Gasteiger partial charge in [-0.25, -0.2) is 0 Å². The van der Waals surface area contributed by atoms with Crippen LogP contribution >= 0.6 is 0 Å². The summed E-state index contributed by atoms with van der Waals surface area (Å²) < 4.78 is 41.3. The van der Waals surface area contributed by atoms with Crippen molar-refractivity contribution in [2.24, 2.45) is 5.92 Å². The van der Waals surface area contributed by atoms with Crippen molar-refractivity contribution in [2.75, 3.05) is 13.1 Å². The SMILES string of the molecule is CC[C@H]1CCN(Cc2nc(C(F)(F)F)no2)C1. The molecule has 0 amide bonds. The molecule has 1 atom stereocenters. The summed E-state index contributed by atoms with van der Waals surface area (Å²) in [5, 5.41) is 2.93. The highest BCUT2D eigenvalue weighted by molar-refractivity contribution is 4.91. The standard InChI is InChI=1S/C10H14F3N3O/c1-2-7-3-4-16(5-7)6-8-14-9(15-17-8)10(11,12)13/h7H,2-6H2,1H3/t7-/m0/s1. The number of aromatic nitrogens is 2. The molecule has 2 rings (SSSR count). The van der Waals surface area contributed by atoms with E-state index in [1.165, 1.54) is 0 Å². The lowest BCUT2D eigenvalue weighted by atomic mass is 10.1. The lowest BCUT2D eigenvalue weighted by Gasteiger charge is -2.12. The lowest BCUT2D eigenvalue weighted by Crippen LogP contribution is -2.20. The molecule has 1 saturated heterocycles. The molecule has 17 heavy (non-hydrogen) atoms. The zero-order chi connectivity index (χ0) is 12.5. The van der Waals surface area contributed by atoms with E-state index in [0.717, 1.165) is 25.9 Å². The van der Waals surface area contributed by atoms with Crippen molar-refractivity contribution in [3.8, 4) is 0 Å². The second kappa shape index (κ2) is 4.64. The molecule has 0 unspecified atom stereocenters. The molecule has 1 aliphatic heterocycles. The van der Waals surface area contributed by atoms with Crippen LogP contribution in [-0.2, 0) is 12.7 Å². The Morgan fingerprint density at radius 2 is 2.24 bits per heavy atom. The van der Waals surface area contributed by atoms with Crippen LogP contribution in [0.3, 0.4) is 0 Å². The van der Waals surface area contributed by atoms with E-state index in [2.05, 4.69) is 21.6 Å². The maximum atomic E-state index is 12.2. The first kappa shape index (κ1) is 12.3. The van der Waals surface area contributed by atoms with Crippen LogP contribution in [0.4, 0.5) is 13.2 Å². The lowest BCUT2D eigenvalue weighted by molar-refractivity contribution is -0.146. The van der Waals surface area contributed by atoms with Crippen LogP contribution in [0.2, 0.25) is 0 Å². The van der Waals surface area contributed by atoms with Crippen LogP contribution in [0.5, 0.6) is 0 Å². The number of nitrogens with zero attached hydrogens (tertiary/aromatic N) is 3. The van der Waals surface area contributed by atoms with Gasteiger partial charge in [0.25, 0.3) is 5.82 Å². The number of rotatable bonds is 3. The van der Waals surface area contributed by atoms with Crippen molar-refractivity contribution >= 4 is 0 Å². The molecule has 0 aliphatic carbocycles. The van der Waals surface area contributed by atoms with Crippen LogP contribution in [0, 0.1) is 5.92 Å². The monoisotopic (exact) mass is 249 g/mol. The van der Waals surface area contributed by atoms with Crippen LogP contribution in [0.25, 0.3) is 0 Å². The topological polar surface area (TPSA) is 42.2 Å². The summed E-state index contributed by atoms with van der Waals surface area (Å²) in [5.74, 6) is -0.534. The van der Waals surface area contributed by atoms with Gasteiger partial charge in [0.05, 0.1) is 6.54 Å². The fourth-order valence-corrected chi connectivity index (χ4v) is 2.02. The molecule has 1 aromatic rings. The van der Waals surface area contributed by atoms with E-state index in [9.17, 15) is 13.2 Å². The number of hydrogen-bond donors (Lipinski definition) is 0. The summed E-state index contributed by atoms with van der Waals surface area (Å²) in [5.41, 5.74) is 0. The van der Waals surface area contributed by atoms with Crippen LogP contribution in [-0.4, -0.2) is 28.1 Å². The largest absolute Gasteiger partial charge is 0.455 e. The van der Waals surface area contributed by atoms with Gasteiger partial charge in [0.1, 0.15) is 0 Å². The molecule has 1 fully saturated rings. The predicted molar refractivity (Wildman–Crippen MR) is 53.0 cm³/mol. The third kappa shape index (κ3) is 2.96. The van der Waals surface area contributed by atoms with Gasteiger partial charge in [-0.2, -0.15) is 18.2 Å². The Morgan fingerprint density at radius 1 is 1.47 bits per heavy atom. The van der Waals surface area contributed by atoms with Gasteiger partial charge in [-0.05, 0) is 18.9 Å². The highest BCUT2D eigenvalue weighted by atomic mass is 19.4. The molecule has 0 bridgehead atoms. The van der Waals surface area contributed by atoms with Gasteiger partial charge < -0.3 is 4.52 Å². The molecule has 7 heteroatoms. The number of halogens is 3. The molecule has 0 aromatic carbocycles. The fraction of sp³-hybridized carbons (Fsp3) is 0.800. The Labute approximate surface area is 96.8 Å². The first-order valence-corrected chi connectivity index (χ1v) is 5.61. The average Bonchev–Trinajstić information content (AvgIpc) is 2.86. The summed E-state index contributed by atoms with van der Waals surface area (Å²) in [6.45, 7) is 4.19. The van der Waals surface area contributed by atoms with Gasteiger partial charge >= 0.3 is 6.18 Å². The van der Waals surface area contributed by atoms with Crippen molar-refractivity contribution in [3.63, 3.8) is 0 Å². The van der Waals surface area contributed by atoms with Gasteiger partial charge in [-0.1, -0.05) is 18.5 Å². The van der Waals surface area contributed by atoms with Crippen molar-refractivity contribution < 1.29 is 17.7 Å². The van der Waals surface area contributed by atoms with Gasteiger partial charge in [0.15, 0.2) is 0 Å². The molecule has 96 valence electrons. The Bertz CT molecular complexity index is 377. The quantitative estimate of drug-likeness (QED) is 0.824. The minimum absolute atomic E-state index is 0.0362. The first-order chi connectivity index (χ1) is 7.99. The van der Waals surface area contributed by atoms with Crippen molar-refractivity contribution in [1.82, 2.24) is 15.0 Å². The third-order valence-electron chi connectivity index (χ3n) is 3.03. The number of likely N-dealkylation sites (tertiary alicyclic amines) is 1. The van der Waals surface area contributed by atoms with E-state index in [-0.39, 0.29) is 5.89 Å². The van der Waals surface area contributed by atoms with Gasteiger partial charge in [0, 0.05) is 6.54 Å². The maximum Gasteiger partial charge on any atom is 0.455 e. The van der Waals surface area contributed by atoms with Crippen LogP contribution in [0.15, 0.2) is 4.52 Å². The van der Waals surface area contributed by atoms with Gasteiger partial charge in [-0.3, -0.25) is 4.90 Å². The number of alkyl halides is 3. The van der Waals surface area contributed by atoms with Crippen molar-refractivity contribution in [3.05, 3.63) is 11.7 Å². The Morgan fingerprint density at radius 3 is 2.76 bits per heavy atom. The summed E-state index contributed by atoms with van der Waals surface area (Å²) in [6, 6.07) is 0. The summed E-state index contributed by atoms with van der Waals surface area (Å²) >= 11 is 0. The molecule has 4 nitrogen and oxygen atoms in total. The normalized spacial score (nSPS) is 22.2. The molecular weight excluding hydrogens is 235 g/mol. The van der Waals surface area contributed by atoms with Crippen molar-refractivity contribution in [1.29, 1.82) is 0 Å². The summed E-state index contributed by atoms with van der Waals surface area (Å²) in [7, 11) is 0. The maximum absolute atomic E-state index is 12.2. The van der Waals surface area contributed by atoms with E-state index in [1.54, 1.807) is 0 Å². The minimum atomic E-state index is -4.53. The second-order valence-corrected chi connectivity index (χ2v) is 4.31. The van der Waals surface area contributed by atoms with Gasteiger partial charge in [-0.15, -0.1) is 0 Å². The average molecular weight is 249 g/mol. The number of hydrogen-bond acceptors (Lipinski definition) is 4. The van der Waals surface area contributed by atoms with E-state index < -0.39 is 12.0 Å². The third-order valence-corrected chi connectivity index (χ3v) is 3.03. The first-order valence-electron chi connectivity index (χ1n) is 5.61. The fourth-order valence-electron chi connectivity index (χ4n) is 2.02. The van der Waals surface area contributed by atoms with Crippen LogP contribution < -0.4 is 0 Å². The molecule has 1 aromatic heterocycles. The van der Waals surface area contributed by atoms with Crippen molar-refractivity contribution in [2.45, 2.75) is 32.5 Å². The smallest absolute Gasteiger partial charge is 0.338 e.